The standard InChI is InChI=1S/C15H20N2O6S/c1-10-3-4-12(7-13(10)24(16,20)21)15(19)23-9-14(18)17-5-6-22-11(2)8-17/h3-4,7,11H,5-6,8-9H2,1-2H3,(H2,16,20,21). The minimum atomic E-state index is -3.94. The van der Waals surface area contributed by atoms with E-state index in [2.05, 4.69) is 0 Å². The molecule has 1 aliphatic heterocycles. The van der Waals surface area contributed by atoms with Gasteiger partial charge in [0.15, 0.2) is 6.61 Å². The predicted molar refractivity (Wildman–Crippen MR) is 84.8 cm³/mol. The van der Waals surface area contributed by atoms with Gasteiger partial charge in [0.2, 0.25) is 10.0 Å². The van der Waals surface area contributed by atoms with Crippen molar-refractivity contribution in [3.05, 3.63) is 29.3 Å². The van der Waals surface area contributed by atoms with Crippen molar-refractivity contribution in [1.29, 1.82) is 0 Å². The van der Waals surface area contributed by atoms with Gasteiger partial charge in [-0.25, -0.2) is 18.4 Å². The zero-order chi connectivity index (χ0) is 17.9. The number of hydrogen-bond donors (Lipinski definition) is 1. The van der Waals surface area contributed by atoms with Crippen molar-refractivity contribution in [2.24, 2.45) is 5.14 Å². The summed E-state index contributed by atoms with van der Waals surface area (Å²) in [5.74, 6) is -1.10. The maximum atomic E-state index is 12.0. The Bertz CT molecular complexity index is 746. The third kappa shape index (κ3) is 4.53. The number of carbonyl (C=O) groups is 2. The van der Waals surface area contributed by atoms with Gasteiger partial charge in [0.05, 0.1) is 23.2 Å². The van der Waals surface area contributed by atoms with Gasteiger partial charge in [-0.05, 0) is 31.5 Å². The summed E-state index contributed by atoms with van der Waals surface area (Å²) < 4.78 is 33.3. The fourth-order valence-electron chi connectivity index (χ4n) is 2.38. The summed E-state index contributed by atoms with van der Waals surface area (Å²) in [6.07, 6.45) is -0.0622. The summed E-state index contributed by atoms with van der Waals surface area (Å²) in [6, 6.07) is 4.03. The number of nitrogens with zero attached hydrogens (tertiary/aromatic N) is 1. The van der Waals surface area contributed by atoms with Gasteiger partial charge in [-0.15, -0.1) is 0 Å². The van der Waals surface area contributed by atoms with Gasteiger partial charge in [-0.1, -0.05) is 6.07 Å². The van der Waals surface area contributed by atoms with Crippen molar-refractivity contribution in [3.63, 3.8) is 0 Å². The Morgan fingerprint density at radius 3 is 2.75 bits per heavy atom. The van der Waals surface area contributed by atoms with Crippen LogP contribution in [0.25, 0.3) is 0 Å². The van der Waals surface area contributed by atoms with Gasteiger partial charge in [0, 0.05) is 13.1 Å². The molecule has 1 aliphatic rings. The number of aryl methyl sites for hydroxylation is 1. The molecule has 2 N–H and O–H groups in total. The summed E-state index contributed by atoms with van der Waals surface area (Å²) in [7, 11) is -3.94. The number of ether oxygens (including phenoxy) is 2. The molecule has 1 aromatic carbocycles. The van der Waals surface area contributed by atoms with Gasteiger partial charge in [0.1, 0.15) is 0 Å². The van der Waals surface area contributed by atoms with Crippen LogP contribution in [0.1, 0.15) is 22.8 Å². The van der Waals surface area contributed by atoms with E-state index >= 15 is 0 Å². The lowest BCUT2D eigenvalue weighted by Crippen LogP contribution is -2.46. The predicted octanol–water partition coefficient (Wildman–Crippen LogP) is 0.0465. The molecule has 132 valence electrons. The van der Waals surface area contributed by atoms with Gasteiger partial charge < -0.3 is 14.4 Å². The largest absolute Gasteiger partial charge is 0.452 e. The van der Waals surface area contributed by atoms with E-state index < -0.39 is 22.6 Å². The topological polar surface area (TPSA) is 116 Å². The molecule has 1 saturated heterocycles. The second-order valence-electron chi connectivity index (χ2n) is 5.62. The van der Waals surface area contributed by atoms with Crippen molar-refractivity contribution in [3.8, 4) is 0 Å². The molecule has 0 bridgehead atoms. The highest BCUT2D eigenvalue weighted by molar-refractivity contribution is 7.89. The molecule has 1 unspecified atom stereocenters. The van der Waals surface area contributed by atoms with Crippen LogP contribution in [0.3, 0.4) is 0 Å². The molecule has 0 radical (unpaired) electrons. The summed E-state index contributed by atoms with van der Waals surface area (Å²) in [5, 5.41) is 5.11. The second-order valence-corrected chi connectivity index (χ2v) is 7.15. The van der Waals surface area contributed by atoms with Crippen LogP contribution >= 0.6 is 0 Å². The molecule has 1 heterocycles. The number of rotatable bonds is 4. The Morgan fingerprint density at radius 2 is 2.12 bits per heavy atom. The quantitative estimate of drug-likeness (QED) is 0.762. The molecule has 0 aromatic heterocycles. The number of benzene rings is 1. The van der Waals surface area contributed by atoms with Crippen molar-refractivity contribution in [2.45, 2.75) is 24.8 Å². The van der Waals surface area contributed by atoms with E-state index in [4.69, 9.17) is 14.6 Å². The molecule has 1 aromatic rings. The first-order valence-corrected chi connectivity index (χ1v) is 8.93. The Kier molecular flexibility index (Phi) is 5.58. The fourth-order valence-corrected chi connectivity index (χ4v) is 3.19. The third-order valence-corrected chi connectivity index (χ3v) is 4.70. The van der Waals surface area contributed by atoms with Gasteiger partial charge >= 0.3 is 5.97 Å². The van der Waals surface area contributed by atoms with Crippen LogP contribution in [0.5, 0.6) is 0 Å². The zero-order valence-electron chi connectivity index (χ0n) is 13.5. The van der Waals surface area contributed by atoms with Crippen LogP contribution in [-0.2, 0) is 24.3 Å². The van der Waals surface area contributed by atoms with Gasteiger partial charge in [-0.3, -0.25) is 4.79 Å². The van der Waals surface area contributed by atoms with E-state index in [0.717, 1.165) is 6.07 Å². The highest BCUT2D eigenvalue weighted by Gasteiger charge is 2.23. The Balaban J connectivity index is 2.01. The average molecular weight is 356 g/mol. The van der Waals surface area contributed by atoms with Crippen molar-refractivity contribution in [2.75, 3.05) is 26.3 Å². The van der Waals surface area contributed by atoms with Crippen molar-refractivity contribution in [1.82, 2.24) is 4.90 Å². The van der Waals surface area contributed by atoms with E-state index in [0.29, 0.717) is 25.3 Å². The molecule has 8 nitrogen and oxygen atoms in total. The normalized spacial score (nSPS) is 18.3. The Morgan fingerprint density at radius 1 is 1.42 bits per heavy atom. The van der Waals surface area contributed by atoms with Crippen LogP contribution in [0.4, 0.5) is 0 Å². The number of carbonyl (C=O) groups excluding carboxylic acids is 2. The molecule has 2 rings (SSSR count). The Hall–Kier alpha value is -1.97. The number of nitrogens with two attached hydrogens (primary N) is 1. The number of amides is 1. The molecule has 1 fully saturated rings. The smallest absolute Gasteiger partial charge is 0.338 e. The highest BCUT2D eigenvalue weighted by Crippen LogP contribution is 2.16. The van der Waals surface area contributed by atoms with Crippen LogP contribution in [0.2, 0.25) is 0 Å². The maximum Gasteiger partial charge on any atom is 0.338 e. The van der Waals surface area contributed by atoms with Crippen LogP contribution in [0, 0.1) is 6.92 Å². The molecule has 9 heteroatoms. The third-order valence-electron chi connectivity index (χ3n) is 3.65. The summed E-state index contributed by atoms with van der Waals surface area (Å²) >= 11 is 0. The SMILES string of the molecule is Cc1ccc(C(=O)OCC(=O)N2CCOC(C)C2)cc1S(N)(=O)=O. The molecule has 1 amide bonds. The maximum absolute atomic E-state index is 12.0. The first-order valence-electron chi connectivity index (χ1n) is 7.38. The van der Waals surface area contributed by atoms with E-state index in [1.807, 2.05) is 6.92 Å². The van der Waals surface area contributed by atoms with Crippen LogP contribution < -0.4 is 5.14 Å². The summed E-state index contributed by atoms with van der Waals surface area (Å²) in [4.78, 5) is 25.5. The first kappa shape index (κ1) is 18.4. The zero-order valence-corrected chi connectivity index (χ0v) is 14.3. The summed E-state index contributed by atoms with van der Waals surface area (Å²) in [6.45, 7) is 4.34. The van der Waals surface area contributed by atoms with E-state index in [9.17, 15) is 18.0 Å². The molecule has 0 saturated carbocycles. The second kappa shape index (κ2) is 7.29. The van der Waals surface area contributed by atoms with Gasteiger partial charge in [0.25, 0.3) is 5.91 Å². The highest BCUT2D eigenvalue weighted by atomic mass is 32.2. The fraction of sp³-hybridized carbons (Fsp3) is 0.467. The number of primary sulfonamides is 1. The molecule has 0 spiro atoms. The molecule has 0 aliphatic carbocycles. The van der Waals surface area contributed by atoms with E-state index in [1.54, 1.807) is 11.8 Å². The minimum absolute atomic E-state index is 0.0211. The Labute approximate surface area is 140 Å². The van der Waals surface area contributed by atoms with Gasteiger partial charge in [-0.2, -0.15) is 0 Å². The lowest BCUT2D eigenvalue weighted by Gasteiger charge is -2.30. The number of esters is 1. The average Bonchev–Trinajstić information content (AvgIpc) is 2.51. The lowest BCUT2D eigenvalue weighted by atomic mass is 10.1. The van der Waals surface area contributed by atoms with E-state index in [-0.39, 0.29) is 22.5 Å². The first-order chi connectivity index (χ1) is 11.2. The molecular weight excluding hydrogens is 336 g/mol. The van der Waals surface area contributed by atoms with Crippen molar-refractivity contribution >= 4 is 21.9 Å². The van der Waals surface area contributed by atoms with Crippen molar-refractivity contribution < 1.29 is 27.5 Å². The molecule has 24 heavy (non-hydrogen) atoms. The monoisotopic (exact) mass is 356 g/mol. The van der Waals surface area contributed by atoms with E-state index in [1.165, 1.54) is 12.1 Å². The number of sulfonamides is 1. The molecule has 1 atom stereocenters. The number of hydrogen-bond acceptors (Lipinski definition) is 6. The van der Waals surface area contributed by atoms with Crippen LogP contribution in [-0.4, -0.2) is 57.6 Å². The minimum Gasteiger partial charge on any atom is -0.452 e. The lowest BCUT2D eigenvalue weighted by molar-refractivity contribution is -0.141. The van der Waals surface area contributed by atoms with Crippen LogP contribution in [0.15, 0.2) is 23.1 Å². The molecular formula is C15H20N2O6S. The number of morpholine rings is 1. The summed E-state index contributed by atoms with van der Waals surface area (Å²) in [5.41, 5.74) is 0.445.